The zero-order chi connectivity index (χ0) is 11.4. The maximum atomic E-state index is 8.97. The summed E-state index contributed by atoms with van der Waals surface area (Å²) in [6.45, 7) is 0.0866. The Morgan fingerprint density at radius 2 is 2.25 bits per heavy atom. The van der Waals surface area contributed by atoms with Gasteiger partial charge in [-0.3, -0.25) is 0 Å². The molecule has 0 atom stereocenters. The summed E-state index contributed by atoms with van der Waals surface area (Å²) in [6, 6.07) is 6.87. The van der Waals surface area contributed by atoms with E-state index in [9.17, 15) is 0 Å². The molecule has 0 amide bonds. The number of rotatable bonds is 4. The van der Waals surface area contributed by atoms with Gasteiger partial charge in [-0.2, -0.15) is 0 Å². The van der Waals surface area contributed by atoms with E-state index in [0.29, 0.717) is 29.0 Å². The van der Waals surface area contributed by atoms with Crippen LogP contribution in [0.4, 0.5) is 0 Å². The minimum absolute atomic E-state index is 0.212. The molecule has 4 nitrogen and oxygen atoms in total. The van der Waals surface area contributed by atoms with Gasteiger partial charge >= 0.3 is 0 Å². The molecule has 0 aliphatic heterocycles. The molecule has 0 fully saturated rings. The van der Waals surface area contributed by atoms with Crippen LogP contribution in [0.15, 0.2) is 34.9 Å². The van der Waals surface area contributed by atoms with Gasteiger partial charge in [0.2, 0.25) is 5.88 Å². The van der Waals surface area contributed by atoms with Crippen LogP contribution in [0.25, 0.3) is 0 Å². The van der Waals surface area contributed by atoms with Gasteiger partial charge in [0.25, 0.3) is 0 Å². The van der Waals surface area contributed by atoms with E-state index in [1.165, 1.54) is 0 Å². The molecule has 84 valence electrons. The number of nitrogens with zero attached hydrogens (tertiary/aromatic N) is 1. The van der Waals surface area contributed by atoms with Gasteiger partial charge in [0, 0.05) is 6.07 Å². The lowest BCUT2D eigenvalue weighted by Crippen LogP contribution is -1.98. The summed E-state index contributed by atoms with van der Waals surface area (Å²) in [5.41, 5.74) is 0.401. The smallest absolute Gasteiger partial charge is 0.214 e. The summed E-state index contributed by atoms with van der Waals surface area (Å²) >= 11 is 5.80. The summed E-state index contributed by atoms with van der Waals surface area (Å²) in [4.78, 5) is 4.04. The van der Waals surface area contributed by atoms with E-state index in [-0.39, 0.29) is 6.61 Å². The average molecular weight is 240 g/mol. The third-order valence-electron chi connectivity index (χ3n) is 1.99. The number of aliphatic hydroxyl groups excluding tert-OH is 1. The third kappa shape index (κ3) is 2.53. The highest BCUT2D eigenvalue weighted by atomic mass is 35.5. The predicted molar refractivity (Wildman–Crippen MR) is 58.2 cm³/mol. The Hall–Kier alpha value is -1.52. The number of ether oxygens (including phenoxy) is 1. The van der Waals surface area contributed by atoms with E-state index in [1.807, 2.05) is 6.07 Å². The summed E-state index contributed by atoms with van der Waals surface area (Å²) in [6.07, 6.45) is 1.58. The topological polar surface area (TPSA) is 55.5 Å². The fraction of sp³-hybridized carbons (Fsp3) is 0.182. The zero-order valence-electron chi connectivity index (χ0n) is 8.39. The Balaban J connectivity index is 2.04. The predicted octanol–water partition coefficient (Wildman–Crippen LogP) is 2.40. The minimum atomic E-state index is -0.212. The lowest BCUT2D eigenvalue weighted by atomic mass is 10.3. The Labute approximate surface area is 97.4 Å². The van der Waals surface area contributed by atoms with Crippen molar-refractivity contribution in [3.8, 4) is 5.88 Å². The van der Waals surface area contributed by atoms with Crippen LogP contribution in [0.5, 0.6) is 5.88 Å². The van der Waals surface area contributed by atoms with Gasteiger partial charge in [-0.25, -0.2) is 4.98 Å². The maximum Gasteiger partial charge on any atom is 0.214 e. The number of aromatic nitrogens is 1. The Morgan fingerprint density at radius 3 is 2.94 bits per heavy atom. The van der Waals surface area contributed by atoms with Crippen molar-refractivity contribution in [2.75, 3.05) is 0 Å². The summed E-state index contributed by atoms with van der Waals surface area (Å²) in [5.74, 6) is 1.12. The third-order valence-corrected chi connectivity index (χ3v) is 2.33. The van der Waals surface area contributed by atoms with Gasteiger partial charge in [0.1, 0.15) is 12.4 Å². The first-order chi connectivity index (χ1) is 7.79. The monoisotopic (exact) mass is 239 g/mol. The first-order valence-corrected chi connectivity index (χ1v) is 5.09. The molecule has 0 saturated carbocycles. The number of halogens is 1. The van der Waals surface area contributed by atoms with Crippen molar-refractivity contribution in [2.45, 2.75) is 13.2 Å². The van der Waals surface area contributed by atoms with E-state index >= 15 is 0 Å². The Morgan fingerprint density at radius 1 is 1.38 bits per heavy atom. The fourth-order valence-electron chi connectivity index (χ4n) is 1.20. The van der Waals surface area contributed by atoms with Crippen LogP contribution < -0.4 is 4.74 Å². The molecule has 0 aromatic carbocycles. The van der Waals surface area contributed by atoms with Crippen LogP contribution >= 0.6 is 11.6 Å². The van der Waals surface area contributed by atoms with E-state index in [4.69, 9.17) is 25.9 Å². The second-order valence-corrected chi connectivity index (χ2v) is 3.51. The first kappa shape index (κ1) is 11.0. The molecule has 2 heterocycles. The van der Waals surface area contributed by atoms with Crippen molar-refractivity contribution in [2.24, 2.45) is 0 Å². The number of aliphatic hydroxyl groups is 1. The second kappa shape index (κ2) is 5.01. The molecule has 2 aromatic heterocycles. The minimum Gasteiger partial charge on any atom is -0.469 e. The molecule has 5 heteroatoms. The van der Waals surface area contributed by atoms with E-state index < -0.39 is 0 Å². The fourth-order valence-corrected chi connectivity index (χ4v) is 1.36. The van der Waals surface area contributed by atoms with Crippen LogP contribution in [0.2, 0.25) is 5.02 Å². The van der Waals surface area contributed by atoms with Crippen LogP contribution in [0.3, 0.4) is 0 Å². The summed E-state index contributed by atoms with van der Waals surface area (Å²) in [5, 5.41) is 9.40. The van der Waals surface area contributed by atoms with Gasteiger partial charge in [-0.1, -0.05) is 11.6 Å². The molecule has 0 bridgehead atoms. The van der Waals surface area contributed by atoms with E-state index in [2.05, 4.69) is 4.98 Å². The van der Waals surface area contributed by atoms with Crippen LogP contribution in [-0.2, 0) is 13.2 Å². The molecule has 0 aliphatic rings. The second-order valence-electron chi connectivity index (χ2n) is 3.10. The van der Waals surface area contributed by atoms with Crippen molar-refractivity contribution < 1.29 is 14.3 Å². The average Bonchev–Trinajstić information content (AvgIpc) is 2.81. The molecule has 16 heavy (non-hydrogen) atoms. The number of pyridine rings is 1. The molecule has 0 saturated heterocycles. The van der Waals surface area contributed by atoms with E-state index in [0.717, 1.165) is 0 Å². The van der Waals surface area contributed by atoms with Crippen molar-refractivity contribution >= 4 is 11.6 Å². The lowest BCUT2D eigenvalue weighted by Gasteiger charge is -2.05. The SMILES string of the molecule is OCc1nc(OCc2ccco2)ccc1Cl. The summed E-state index contributed by atoms with van der Waals surface area (Å²) < 4.78 is 10.5. The molecule has 1 N–H and O–H groups in total. The number of hydrogen-bond acceptors (Lipinski definition) is 4. The standard InChI is InChI=1S/C11H10ClNO3/c12-9-3-4-11(13-10(9)6-14)16-7-8-2-1-5-15-8/h1-5,14H,6-7H2. The highest BCUT2D eigenvalue weighted by molar-refractivity contribution is 6.31. The largest absolute Gasteiger partial charge is 0.469 e. The molecule has 0 spiro atoms. The molecule has 2 rings (SSSR count). The van der Waals surface area contributed by atoms with Crippen LogP contribution in [0, 0.1) is 0 Å². The van der Waals surface area contributed by atoms with Gasteiger partial charge < -0.3 is 14.3 Å². The highest BCUT2D eigenvalue weighted by Gasteiger charge is 2.04. The van der Waals surface area contributed by atoms with Crippen molar-refractivity contribution in [1.82, 2.24) is 4.98 Å². The maximum absolute atomic E-state index is 8.97. The van der Waals surface area contributed by atoms with Gasteiger partial charge in [-0.15, -0.1) is 0 Å². The van der Waals surface area contributed by atoms with Crippen molar-refractivity contribution in [3.63, 3.8) is 0 Å². The molecule has 2 aromatic rings. The number of furan rings is 1. The van der Waals surface area contributed by atoms with Gasteiger partial charge in [0.15, 0.2) is 0 Å². The van der Waals surface area contributed by atoms with Crippen molar-refractivity contribution in [1.29, 1.82) is 0 Å². The molecular weight excluding hydrogens is 230 g/mol. The normalized spacial score (nSPS) is 10.4. The first-order valence-electron chi connectivity index (χ1n) is 4.71. The highest BCUT2D eigenvalue weighted by Crippen LogP contribution is 2.18. The molecule has 0 radical (unpaired) electrons. The summed E-state index contributed by atoms with van der Waals surface area (Å²) in [7, 11) is 0. The van der Waals surface area contributed by atoms with Gasteiger partial charge in [0.05, 0.1) is 23.6 Å². The quantitative estimate of drug-likeness (QED) is 0.890. The van der Waals surface area contributed by atoms with Crippen LogP contribution in [0.1, 0.15) is 11.5 Å². The number of hydrogen-bond donors (Lipinski definition) is 1. The van der Waals surface area contributed by atoms with Crippen LogP contribution in [-0.4, -0.2) is 10.1 Å². The van der Waals surface area contributed by atoms with E-state index in [1.54, 1.807) is 24.5 Å². The van der Waals surface area contributed by atoms with Gasteiger partial charge in [-0.05, 0) is 18.2 Å². The Bertz CT molecular complexity index is 456. The molecule has 0 unspecified atom stereocenters. The molecule has 0 aliphatic carbocycles. The van der Waals surface area contributed by atoms with Crippen molar-refractivity contribution in [3.05, 3.63) is 47.0 Å². The Kier molecular flexibility index (Phi) is 3.44. The lowest BCUT2D eigenvalue weighted by molar-refractivity contribution is 0.251. The molecular formula is C11H10ClNO3. The zero-order valence-corrected chi connectivity index (χ0v) is 9.15.